The molecule has 1 atom stereocenters. The molecule has 0 aromatic heterocycles. The number of aldehydes is 1. The molecule has 4 heteroatoms. The average molecular weight is 322 g/mol. The SMILES string of the molecule is O=CC(Br)C1(c2ccc(Cl)c(Cl)c2)CCC1. The van der Waals surface area contributed by atoms with Crippen LogP contribution in [-0.2, 0) is 10.2 Å². The van der Waals surface area contributed by atoms with Gasteiger partial charge in [-0.1, -0.05) is 51.6 Å². The first-order valence-corrected chi connectivity index (χ1v) is 6.82. The molecule has 1 aromatic carbocycles. The van der Waals surface area contributed by atoms with E-state index in [2.05, 4.69) is 15.9 Å². The summed E-state index contributed by atoms with van der Waals surface area (Å²) in [7, 11) is 0. The van der Waals surface area contributed by atoms with Crippen LogP contribution in [-0.4, -0.2) is 11.1 Å². The average Bonchev–Trinajstić information content (AvgIpc) is 2.21. The van der Waals surface area contributed by atoms with Gasteiger partial charge >= 0.3 is 0 Å². The smallest absolute Gasteiger partial charge is 0.134 e. The van der Waals surface area contributed by atoms with Gasteiger partial charge in [-0.3, -0.25) is 0 Å². The maximum absolute atomic E-state index is 11.0. The zero-order valence-electron chi connectivity index (χ0n) is 8.55. The predicted octanol–water partition coefficient (Wildman–Crippen LogP) is 4.38. The monoisotopic (exact) mass is 320 g/mol. The molecule has 1 unspecified atom stereocenters. The topological polar surface area (TPSA) is 17.1 Å². The predicted molar refractivity (Wildman–Crippen MR) is 70.8 cm³/mol. The second kappa shape index (κ2) is 4.67. The van der Waals surface area contributed by atoms with Crippen LogP contribution in [0.15, 0.2) is 18.2 Å². The lowest BCUT2D eigenvalue weighted by Gasteiger charge is -2.44. The van der Waals surface area contributed by atoms with E-state index in [1.54, 1.807) is 6.07 Å². The summed E-state index contributed by atoms with van der Waals surface area (Å²) in [6.07, 6.45) is 4.14. The lowest BCUT2D eigenvalue weighted by Crippen LogP contribution is -2.43. The highest BCUT2D eigenvalue weighted by atomic mass is 79.9. The van der Waals surface area contributed by atoms with E-state index in [1.165, 1.54) is 0 Å². The maximum Gasteiger partial charge on any atom is 0.134 e. The van der Waals surface area contributed by atoms with Crippen molar-refractivity contribution in [3.8, 4) is 0 Å². The Kier molecular flexibility index (Phi) is 3.62. The summed E-state index contributed by atoms with van der Waals surface area (Å²) in [4.78, 5) is 10.8. The molecule has 2 rings (SSSR count). The molecule has 86 valence electrons. The first-order valence-electron chi connectivity index (χ1n) is 5.15. The van der Waals surface area contributed by atoms with Crippen molar-refractivity contribution in [2.75, 3.05) is 0 Å². The lowest BCUT2D eigenvalue weighted by molar-refractivity contribution is -0.108. The van der Waals surface area contributed by atoms with Crippen LogP contribution >= 0.6 is 39.1 Å². The molecule has 0 heterocycles. The number of alkyl halides is 1. The Labute approximate surface area is 113 Å². The first-order chi connectivity index (χ1) is 7.60. The number of halogens is 3. The fourth-order valence-corrected chi connectivity index (χ4v) is 3.24. The van der Waals surface area contributed by atoms with E-state index >= 15 is 0 Å². The Hall–Kier alpha value is -0.0500. The minimum Gasteiger partial charge on any atom is -0.302 e. The molecule has 1 aromatic rings. The fourth-order valence-electron chi connectivity index (χ4n) is 2.22. The van der Waals surface area contributed by atoms with Gasteiger partial charge in [0.05, 0.1) is 14.9 Å². The molecule has 1 aliphatic rings. The second-order valence-electron chi connectivity index (χ2n) is 4.18. The highest BCUT2D eigenvalue weighted by Gasteiger charge is 2.44. The molecular formula is C12H11BrCl2O. The van der Waals surface area contributed by atoms with Gasteiger partial charge in [-0.15, -0.1) is 0 Å². The van der Waals surface area contributed by atoms with Crippen LogP contribution in [0.2, 0.25) is 10.0 Å². The summed E-state index contributed by atoms with van der Waals surface area (Å²) in [5.41, 5.74) is 1.01. The molecule has 0 saturated heterocycles. The molecule has 0 aliphatic heterocycles. The van der Waals surface area contributed by atoms with E-state index in [-0.39, 0.29) is 10.2 Å². The van der Waals surface area contributed by atoms with Gasteiger partial charge in [0, 0.05) is 5.41 Å². The summed E-state index contributed by atoms with van der Waals surface area (Å²) in [5.74, 6) is 0. The largest absolute Gasteiger partial charge is 0.302 e. The van der Waals surface area contributed by atoms with Crippen LogP contribution in [0.3, 0.4) is 0 Å². The van der Waals surface area contributed by atoms with E-state index < -0.39 is 0 Å². The summed E-state index contributed by atoms with van der Waals surface area (Å²) < 4.78 is 0. The van der Waals surface area contributed by atoms with Gasteiger partial charge in [0.25, 0.3) is 0 Å². The highest BCUT2D eigenvalue weighted by Crippen LogP contribution is 2.49. The van der Waals surface area contributed by atoms with Crippen LogP contribution in [0.4, 0.5) is 0 Å². The Morgan fingerprint density at radius 3 is 2.44 bits per heavy atom. The van der Waals surface area contributed by atoms with Crippen LogP contribution in [0.1, 0.15) is 24.8 Å². The zero-order chi connectivity index (χ0) is 11.8. The van der Waals surface area contributed by atoms with Crippen molar-refractivity contribution >= 4 is 45.4 Å². The van der Waals surface area contributed by atoms with Crippen molar-refractivity contribution in [1.29, 1.82) is 0 Å². The van der Waals surface area contributed by atoms with Gasteiger partial charge in [0.2, 0.25) is 0 Å². The quantitative estimate of drug-likeness (QED) is 0.596. The van der Waals surface area contributed by atoms with Crippen molar-refractivity contribution in [2.45, 2.75) is 29.5 Å². The number of carbonyl (C=O) groups excluding carboxylic acids is 1. The van der Waals surface area contributed by atoms with Crippen molar-refractivity contribution in [1.82, 2.24) is 0 Å². The maximum atomic E-state index is 11.0. The van der Waals surface area contributed by atoms with Gasteiger partial charge in [-0.25, -0.2) is 0 Å². The minimum atomic E-state index is -0.147. The molecule has 1 saturated carbocycles. The van der Waals surface area contributed by atoms with Crippen molar-refractivity contribution < 1.29 is 4.79 Å². The number of hydrogen-bond acceptors (Lipinski definition) is 1. The molecule has 0 radical (unpaired) electrons. The molecule has 16 heavy (non-hydrogen) atoms. The summed E-state index contributed by atoms with van der Waals surface area (Å²) >= 11 is 15.4. The van der Waals surface area contributed by atoms with Gasteiger partial charge in [-0.2, -0.15) is 0 Å². The van der Waals surface area contributed by atoms with Gasteiger partial charge < -0.3 is 4.79 Å². The number of carbonyl (C=O) groups is 1. The second-order valence-corrected chi connectivity index (χ2v) is 5.98. The van der Waals surface area contributed by atoms with E-state index in [4.69, 9.17) is 23.2 Å². The number of hydrogen-bond donors (Lipinski definition) is 0. The Bertz CT molecular complexity index is 415. The summed E-state index contributed by atoms with van der Waals surface area (Å²) in [6, 6.07) is 5.63. The van der Waals surface area contributed by atoms with Gasteiger partial charge in [0.1, 0.15) is 6.29 Å². The van der Waals surface area contributed by atoms with Crippen molar-refractivity contribution in [2.24, 2.45) is 0 Å². The van der Waals surface area contributed by atoms with Crippen LogP contribution in [0, 0.1) is 0 Å². The van der Waals surface area contributed by atoms with Crippen LogP contribution in [0.25, 0.3) is 0 Å². The molecule has 1 aliphatic carbocycles. The third-order valence-corrected chi connectivity index (χ3v) is 5.22. The zero-order valence-corrected chi connectivity index (χ0v) is 11.6. The third kappa shape index (κ3) is 1.92. The lowest BCUT2D eigenvalue weighted by atomic mass is 9.63. The number of rotatable bonds is 3. The minimum absolute atomic E-state index is 0.0873. The van der Waals surface area contributed by atoms with Gasteiger partial charge in [-0.05, 0) is 30.5 Å². The molecular weight excluding hydrogens is 311 g/mol. The molecule has 1 nitrogen and oxygen atoms in total. The molecule has 0 bridgehead atoms. The Morgan fingerprint density at radius 1 is 1.31 bits per heavy atom. The van der Waals surface area contributed by atoms with Crippen molar-refractivity contribution in [3.05, 3.63) is 33.8 Å². The molecule has 1 fully saturated rings. The molecule has 0 spiro atoms. The van der Waals surface area contributed by atoms with E-state index in [0.29, 0.717) is 10.0 Å². The van der Waals surface area contributed by atoms with Crippen LogP contribution in [0.5, 0.6) is 0 Å². The van der Waals surface area contributed by atoms with Crippen LogP contribution < -0.4 is 0 Å². The molecule has 0 amide bonds. The fraction of sp³-hybridized carbons (Fsp3) is 0.417. The highest BCUT2D eigenvalue weighted by molar-refractivity contribution is 9.10. The van der Waals surface area contributed by atoms with E-state index in [9.17, 15) is 4.79 Å². The van der Waals surface area contributed by atoms with Crippen molar-refractivity contribution in [3.63, 3.8) is 0 Å². The summed E-state index contributed by atoms with van der Waals surface area (Å²) in [5, 5.41) is 1.10. The molecule has 0 N–H and O–H groups in total. The Morgan fingerprint density at radius 2 is 2.00 bits per heavy atom. The first kappa shape index (κ1) is 12.4. The standard InChI is InChI=1S/C12H11BrCl2O/c13-11(7-16)12(4-1-5-12)8-2-3-9(14)10(15)6-8/h2-3,6-7,11H,1,4-5H2. The normalized spacial score (nSPS) is 19.9. The van der Waals surface area contributed by atoms with E-state index in [1.807, 2.05) is 12.1 Å². The van der Waals surface area contributed by atoms with Gasteiger partial charge in [0.15, 0.2) is 0 Å². The summed E-state index contributed by atoms with van der Waals surface area (Å²) in [6.45, 7) is 0. The Balaban J connectivity index is 2.40. The third-order valence-electron chi connectivity index (χ3n) is 3.39. The van der Waals surface area contributed by atoms with E-state index in [0.717, 1.165) is 31.1 Å². The number of benzene rings is 1.